The summed E-state index contributed by atoms with van der Waals surface area (Å²) in [5.74, 6) is 0. The minimum Gasteiger partial charge on any atom is -0.399 e. The van der Waals surface area contributed by atoms with Gasteiger partial charge in [0.2, 0.25) is 0 Å². The van der Waals surface area contributed by atoms with Crippen molar-refractivity contribution in [1.82, 2.24) is 9.97 Å². The second-order valence-corrected chi connectivity index (χ2v) is 6.05. The summed E-state index contributed by atoms with van der Waals surface area (Å²) in [5, 5.41) is 0. The monoisotopic (exact) mass is 338 g/mol. The summed E-state index contributed by atoms with van der Waals surface area (Å²) in [5.41, 5.74) is 19.0. The lowest BCUT2D eigenvalue weighted by atomic mass is 9.99. The molecule has 0 aliphatic rings. The van der Waals surface area contributed by atoms with Crippen LogP contribution in [0.15, 0.2) is 85.1 Å². The molecule has 4 aromatic rings. The Bertz CT molecular complexity index is 1060. The standard InChI is InChI=1S/C22H18N4/c23-17-10-11-19(24)18(14-17)15-5-3-6-16(13-15)20-8-4-9-22(26-20)21-7-1-2-12-25-21/h1-14H,23-24H2. The van der Waals surface area contributed by atoms with Crippen molar-refractivity contribution >= 4 is 11.4 Å². The van der Waals surface area contributed by atoms with Crippen molar-refractivity contribution in [1.29, 1.82) is 0 Å². The summed E-state index contributed by atoms with van der Waals surface area (Å²) in [6.07, 6.45) is 1.77. The van der Waals surface area contributed by atoms with Gasteiger partial charge in [0.25, 0.3) is 0 Å². The lowest BCUT2D eigenvalue weighted by molar-refractivity contribution is 1.25. The number of nitrogens with zero attached hydrogens (tertiary/aromatic N) is 2. The van der Waals surface area contributed by atoms with Gasteiger partial charge in [0, 0.05) is 28.7 Å². The van der Waals surface area contributed by atoms with Crippen LogP contribution in [0.5, 0.6) is 0 Å². The van der Waals surface area contributed by atoms with E-state index in [2.05, 4.69) is 11.1 Å². The number of rotatable bonds is 3. The Labute approximate surface area is 152 Å². The SMILES string of the molecule is Nc1ccc(N)c(-c2cccc(-c3cccc(-c4ccccn4)n3)c2)c1. The molecule has 2 heterocycles. The van der Waals surface area contributed by atoms with E-state index in [1.807, 2.05) is 66.7 Å². The fourth-order valence-corrected chi connectivity index (χ4v) is 2.92. The van der Waals surface area contributed by atoms with Crippen LogP contribution in [-0.4, -0.2) is 9.97 Å². The number of pyridine rings is 2. The highest BCUT2D eigenvalue weighted by molar-refractivity contribution is 5.81. The van der Waals surface area contributed by atoms with Crippen molar-refractivity contribution in [2.45, 2.75) is 0 Å². The molecule has 0 spiro atoms. The second kappa shape index (κ2) is 6.69. The van der Waals surface area contributed by atoms with Crippen LogP contribution in [0, 0.1) is 0 Å². The molecule has 0 bridgehead atoms. The van der Waals surface area contributed by atoms with Gasteiger partial charge in [-0.05, 0) is 54.1 Å². The predicted molar refractivity (Wildman–Crippen MR) is 107 cm³/mol. The molecule has 26 heavy (non-hydrogen) atoms. The highest BCUT2D eigenvalue weighted by Gasteiger charge is 2.08. The van der Waals surface area contributed by atoms with E-state index in [1.54, 1.807) is 12.3 Å². The van der Waals surface area contributed by atoms with Crippen LogP contribution >= 0.6 is 0 Å². The minimum atomic E-state index is 0.690. The van der Waals surface area contributed by atoms with Crippen molar-refractivity contribution in [3.63, 3.8) is 0 Å². The second-order valence-electron chi connectivity index (χ2n) is 6.05. The molecule has 4 nitrogen and oxygen atoms in total. The molecular weight excluding hydrogens is 320 g/mol. The smallest absolute Gasteiger partial charge is 0.0893 e. The van der Waals surface area contributed by atoms with Crippen LogP contribution in [0.2, 0.25) is 0 Å². The van der Waals surface area contributed by atoms with Gasteiger partial charge in [0.15, 0.2) is 0 Å². The summed E-state index contributed by atoms with van der Waals surface area (Å²) in [6, 6.07) is 25.4. The molecule has 4 heteroatoms. The Morgan fingerprint density at radius 3 is 2.23 bits per heavy atom. The van der Waals surface area contributed by atoms with E-state index >= 15 is 0 Å². The first-order valence-corrected chi connectivity index (χ1v) is 8.35. The van der Waals surface area contributed by atoms with Gasteiger partial charge < -0.3 is 11.5 Å². The van der Waals surface area contributed by atoms with Crippen LogP contribution in [0.1, 0.15) is 0 Å². The molecule has 4 rings (SSSR count). The average Bonchev–Trinajstić information content (AvgIpc) is 2.71. The number of benzene rings is 2. The van der Waals surface area contributed by atoms with Crippen LogP contribution in [0.4, 0.5) is 11.4 Å². The Kier molecular flexibility index (Phi) is 4.07. The van der Waals surface area contributed by atoms with Gasteiger partial charge in [-0.1, -0.05) is 30.3 Å². The highest BCUT2D eigenvalue weighted by atomic mass is 14.8. The van der Waals surface area contributed by atoms with Gasteiger partial charge in [0.1, 0.15) is 0 Å². The molecule has 0 radical (unpaired) electrons. The molecule has 0 unspecified atom stereocenters. The summed E-state index contributed by atoms with van der Waals surface area (Å²) in [6.45, 7) is 0. The Balaban J connectivity index is 1.77. The lowest BCUT2D eigenvalue weighted by Gasteiger charge is -2.10. The molecular formula is C22H18N4. The van der Waals surface area contributed by atoms with Crippen molar-refractivity contribution in [3.05, 3.63) is 85.1 Å². The number of nitrogens with two attached hydrogens (primary N) is 2. The van der Waals surface area contributed by atoms with Crippen LogP contribution in [0.25, 0.3) is 33.8 Å². The molecule has 0 saturated carbocycles. The van der Waals surface area contributed by atoms with E-state index in [1.165, 1.54) is 0 Å². The number of hydrogen-bond acceptors (Lipinski definition) is 4. The van der Waals surface area contributed by atoms with E-state index in [0.29, 0.717) is 11.4 Å². The third kappa shape index (κ3) is 3.13. The normalized spacial score (nSPS) is 10.6. The zero-order valence-electron chi connectivity index (χ0n) is 14.1. The minimum absolute atomic E-state index is 0.690. The van der Waals surface area contributed by atoms with Crippen LogP contribution in [0.3, 0.4) is 0 Å². The van der Waals surface area contributed by atoms with E-state index in [0.717, 1.165) is 33.8 Å². The van der Waals surface area contributed by atoms with Crippen molar-refractivity contribution < 1.29 is 0 Å². The molecule has 4 N–H and O–H groups in total. The zero-order chi connectivity index (χ0) is 17.9. The third-order valence-electron chi connectivity index (χ3n) is 4.22. The van der Waals surface area contributed by atoms with E-state index < -0.39 is 0 Å². The first-order chi connectivity index (χ1) is 12.7. The predicted octanol–water partition coefficient (Wildman–Crippen LogP) is 4.64. The Morgan fingerprint density at radius 2 is 1.38 bits per heavy atom. The molecule has 0 saturated heterocycles. The molecule has 0 aliphatic heterocycles. The highest BCUT2D eigenvalue weighted by Crippen LogP contribution is 2.31. The summed E-state index contributed by atoms with van der Waals surface area (Å²) < 4.78 is 0. The fourth-order valence-electron chi connectivity index (χ4n) is 2.92. The topological polar surface area (TPSA) is 77.8 Å². The number of nitrogen functional groups attached to an aromatic ring is 2. The maximum Gasteiger partial charge on any atom is 0.0893 e. The van der Waals surface area contributed by atoms with Gasteiger partial charge in [-0.3, -0.25) is 4.98 Å². The first-order valence-electron chi connectivity index (χ1n) is 8.35. The fraction of sp³-hybridized carbons (Fsp3) is 0. The van der Waals surface area contributed by atoms with Gasteiger partial charge in [-0.25, -0.2) is 4.98 Å². The van der Waals surface area contributed by atoms with Crippen LogP contribution < -0.4 is 11.5 Å². The largest absolute Gasteiger partial charge is 0.399 e. The third-order valence-corrected chi connectivity index (χ3v) is 4.22. The van der Waals surface area contributed by atoms with Gasteiger partial charge in [0.05, 0.1) is 17.1 Å². The molecule has 0 amide bonds. The van der Waals surface area contributed by atoms with Gasteiger partial charge >= 0.3 is 0 Å². The van der Waals surface area contributed by atoms with Crippen molar-refractivity contribution in [3.8, 4) is 33.8 Å². The average molecular weight is 338 g/mol. The van der Waals surface area contributed by atoms with E-state index in [4.69, 9.17) is 16.5 Å². The van der Waals surface area contributed by atoms with Crippen LogP contribution in [-0.2, 0) is 0 Å². The quantitative estimate of drug-likeness (QED) is 0.533. The molecule has 126 valence electrons. The maximum atomic E-state index is 6.13. The van der Waals surface area contributed by atoms with Gasteiger partial charge in [-0.15, -0.1) is 0 Å². The number of hydrogen-bond donors (Lipinski definition) is 2. The van der Waals surface area contributed by atoms with Crippen molar-refractivity contribution in [2.75, 3.05) is 11.5 Å². The Hall–Kier alpha value is -3.66. The summed E-state index contributed by atoms with van der Waals surface area (Å²) in [4.78, 5) is 9.15. The zero-order valence-corrected chi connectivity index (χ0v) is 14.1. The Morgan fingerprint density at radius 1 is 0.615 bits per heavy atom. The lowest BCUT2D eigenvalue weighted by Crippen LogP contribution is -1.94. The van der Waals surface area contributed by atoms with E-state index in [9.17, 15) is 0 Å². The molecule has 0 aliphatic carbocycles. The summed E-state index contributed by atoms with van der Waals surface area (Å²) in [7, 11) is 0. The number of aromatic nitrogens is 2. The van der Waals surface area contributed by atoms with Crippen molar-refractivity contribution in [2.24, 2.45) is 0 Å². The molecule has 0 fully saturated rings. The summed E-state index contributed by atoms with van der Waals surface area (Å²) >= 11 is 0. The molecule has 2 aromatic heterocycles. The first kappa shape index (κ1) is 15.8. The van der Waals surface area contributed by atoms with Gasteiger partial charge in [-0.2, -0.15) is 0 Å². The number of anilines is 2. The maximum absolute atomic E-state index is 6.13. The van der Waals surface area contributed by atoms with E-state index in [-0.39, 0.29) is 0 Å². The molecule has 0 atom stereocenters. The molecule has 2 aromatic carbocycles.